The first kappa shape index (κ1) is 12.6. The second-order valence-electron chi connectivity index (χ2n) is 3.60. The zero-order chi connectivity index (χ0) is 12.3. The molecule has 0 heterocycles. The van der Waals surface area contributed by atoms with Gasteiger partial charge in [-0.25, -0.2) is 4.39 Å². The molecule has 88 valence electrons. The molecule has 0 aromatic heterocycles. The maximum absolute atomic E-state index is 13.4. The summed E-state index contributed by atoms with van der Waals surface area (Å²) in [4.78, 5) is 0. The third kappa shape index (κ3) is 3.54. The Morgan fingerprint density at radius 3 is 2.29 bits per heavy atom. The van der Waals surface area contributed by atoms with Crippen LogP contribution in [-0.4, -0.2) is 0 Å². The average molecular weight is 359 g/mol. The Labute approximate surface area is 116 Å². The minimum absolute atomic E-state index is 0.245. The van der Waals surface area contributed by atoms with E-state index in [2.05, 4.69) is 37.2 Å². The van der Waals surface area contributed by atoms with Gasteiger partial charge in [-0.3, -0.25) is 0 Å². The SMILES string of the molecule is Fc1ccc(Br)cc1NCc1ccc(Br)cc1. The van der Waals surface area contributed by atoms with Gasteiger partial charge in [0.15, 0.2) is 0 Å². The minimum atomic E-state index is -0.245. The van der Waals surface area contributed by atoms with Gasteiger partial charge in [0, 0.05) is 15.5 Å². The molecule has 0 aliphatic rings. The summed E-state index contributed by atoms with van der Waals surface area (Å²) in [6, 6.07) is 12.8. The molecule has 1 N–H and O–H groups in total. The highest BCUT2D eigenvalue weighted by molar-refractivity contribution is 9.10. The summed E-state index contributed by atoms with van der Waals surface area (Å²) in [5.41, 5.74) is 1.61. The molecular formula is C13H10Br2FN. The van der Waals surface area contributed by atoms with Gasteiger partial charge >= 0.3 is 0 Å². The molecule has 0 aliphatic carbocycles. The van der Waals surface area contributed by atoms with E-state index in [1.807, 2.05) is 24.3 Å². The fourth-order valence-corrected chi connectivity index (χ4v) is 2.06. The second-order valence-corrected chi connectivity index (χ2v) is 5.44. The topological polar surface area (TPSA) is 12.0 Å². The molecule has 0 aliphatic heterocycles. The van der Waals surface area contributed by atoms with Crippen LogP contribution in [0.25, 0.3) is 0 Å². The van der Waals surface area contributed by atoms with Crippen molar-refractivity contribution in [2.45, 2.75) is 6.54 Å². The first-order valence-corrected chi connectivity index (χ1v) is 6.67. The van der Waals surface area contributed by atoms with Gasteiger partial charge in [0.2, 0.25) is 0 Å². The lowest BCUT2D eigenvalue weighted by Gasteiger charge is -2.08. The Morgan fingerprint density at radius 1 is 0.941 bits per heavy atom. The monoisotopic (exact) mass is 357 g/mol. The molecule has 0 fully saturated rings. The fraction of sp³-hybridized carbons (Fsp3) is 0.0769. The molecule has 0 spiro atoms. The van der Waals surface area contributed by atoms with Crippen LogP contribution in [0.4, 0.5) is 10.1 Å². The van der Waals surface area contributed by atoms with Crippen LogP contribution in [0.15, 0.2) is 51.4 Å². The van der Waals surface area contributed by atoms with E-state index in [4.69, 9.17) is 0 Å². The zero-order valence-corrected chi connectivity index (χ0v) is 12.1. The van der Waals surface area contributed by atoms with Crippen LogP contribution in [0, 0.1) is 5.82 Å². The van der Waals surface area contributed by atoms with Gasteiger partial charge in [-0.2, -0.15) is 0 Å². The quantitative estimate of drug-likeness (QED) is 0.817. The Kier molecular flexibility index (Phi) is 4.18. The number of benzene rings is 2. The molecule has 0 saturated heterocycles. The summed E-state index contributed by atoms with van der Waals surface area (Å²) in [5.74, 6) is -0.245. The largest absolute Gasteiger partial charge is 0.379 e. The van der Waals surface area contributed by atoms with Gasteiger partial charge in [0.1, 0.15) is 5.82 Å². The van der Waals surface area contributed by atoms with Crippen LogP contribution in [-0.2, 0) is 6.54 Å². The summed E-state index contributed by atoms with van der Waals surface area (Å²) in [7, 11) is 0. The molecule has 4 heteroatoms. The molecule has 17 heavy (non-hydrogen) atoms. The number of halogens is 3. The number of hydrogen-bond acceptors (Lipinski definition) is 1. The standard InChI is InChI=1S/C13H10Br2FN/c14-10-3-1-9(2-4-10)8-17-13-7-11(15)5-6-12(13)16/h1-7,17H,8H2. The van der Waals surface area contributed by atoms with Gasteiger partial charge in [-0.1, -0.05) is 44.0 Å². The van der Waals surface area contributed by atoms with Gasteiger partial charge < -0.3 is 5.32 Å². The predicted octanol–water partition coefficient (Wildman–Crippen LogP) is 4.96. The van der Waals surface area contributed by atoms with Crippen molar-refractivity contribution in [1.82, 2.24) is 0 Å². The van der Waals surface area contributed by atoms with E-state index in [0.717, 1.165) is 14.5 Å². The maximum atomic E-state index is 13.4. The van der Waals surface area contributed by atoms with Crippen LogP contribution >= 0.6 is 31.9 Å². The summed E-state index contributed by atoms with van der Waals surface area (Å²) >= 11 is 6.70. The highest BCUT2D eigenvalue weighted by atomic mass is 79.9. The Morgan fingerprint density at radius 2 is 1.59 bits per heavy atom. The first-order valence-electron chi connectivity index (χ1n) is 5.08. The smallest absolute Gasteiger partial charge is 0.146 e. The van der Waals surface area contributed by atoms with E-state index in [1.54, 1.807) is 12.1 Å². The third-order valence-corrected chi connectivity index (χ3v) is 3.35. The fourth-order valence-electron chi connectivity index (χ4n) is 1.43. The number of hydrogen-bond donors (Lipinski definition) is 1. The molecule has 2 aromatic rings. The van der Waals surface area contributed by atoms with Crippen molar-refractivity contribution in [1.29, 1.82) is 0 Å². The van der Waals surface area contributed by atoms with Crippen molar-refractivity contribution < 1.29 is 4.39 Å². The van der Waals surface area contributed by atoms with Crippen LogP contribution in [0.3, 0.4) is 0 Å². The molecule has 0 bridgehead atoms. The van der Waals surface area contributed by atoms with Gasteiger partial charge in [-0.15, -0.1) is 0 Å². The molecule has 2 rings (SSSR count). The van der Waals surface area contributed by atoms with Gasteiger partial charge in [0.05, 0.1) is 5.69 Å². The minimum Gasteiger partial charge on any atom is -0.379 e. The highest BCUT2D eigenvalue weighted by Gasteiger charge is 2.02. The van der Waals surface area contributed by atoms with Gasteiger partial charge in [0.25, 0.3) is 0 Å². The lowest BCUT2D eigenvalue weighted by atomic mass is 10.2. The Bertz CT molecular complexity index is 511. The van der Waals surface area contributed by atoms with Crippen molar-refractivity contribution in [3.63, 3.8) is 0 Å². The van der Waals surface area contributed by atoms with Crippen molar-refractivity contribution in [3.05, 3.63) is 62.8 Å². The van der Waals surface area contributed by atoms with Crippen molar-refractivity contribution in [2.75, 3.05) is 5.32 Å². The van der Waals surface area contributed by atoms with Crippen LogP contribution in [0.5, 0.6) is 0 Å². The molecule has 0 unspecified atom stereocenters. The second kappa shape index (κ2) is 5.65. The van der Waals surface area contributed by atoms with Crippen molar-refractivity contribution in [3.8, 4) is 0 Å². The molecule has 0 radical (unpaired) electrons. The highest BCUT2D eigenvalue weighted by Crippen LogP contribution is 2.21. The summed E-state index contributed by atoms with van der Waals surface area (Å²) < 4.78 is 15.3. The number of anilines is 1. The van der Waals surface area contributed by atoms with E-state index in [1.165, 1.54) is 6.07 Å². The number of rotatable bonds is 3. The van der Waals surface area contributed by atoms with E-state index >= 15 is 0 Å². The lowest BCUT2D eigenvalue weighted by molar-refractivity contribution is 0.630. The first-order chi connectivity index (χ1) is 8.15. The van der Waals surface area contributed by atoms with Gasteiger partial charge in [-0.05, 0) is 35.9 Å². The molecule has 0 saturated carbocycles. The summed E-state index contributed by atoms with van der Waals surface area (Å²) in [6.45, 7) is 0.598. The molecule has 1 nitrogen and oxygen atoms in total. The average Bonchev–Trinajstić information content (AvgIpc) is 2.32. The normalized spacial score (nSPS) is 10.3. The van der Waals surface area contributed by atoms with E-state index in [9.17, 15) is 4.39 Å². The third-order valence-electron chi connectivity index (χ3n) is 2.32. The van der Waals surface area contributed by atoms with Crippen LogP contribution in [0.2, 0.25) is 0 Å². The summed E-state index contributed by atoms with van der Waals surface area (Å²) in [5, 5.41) is 3.07. The summed E-state index contributed by atoms with van der Waals surface area (Å²) in [6.07, 6.45) is 0. The predicted molar refractivity (Wildman–Crippen MR) is 75.6 cm³/mol. The molecule has 0 amide bonds. The van der Waals surface area contributed by atoms with E-state index in [-0.39, 0.29) is 5.82 Å². The van der Waals surface area contributed by atoms with Crippen molar-refractivity contribution in [2.24, 2.45) is 0 Å². The molecular weight excluding hydrogens is 349 g/mol. The van der Waals surface area contributed by atoms with Crippen LogP contribution in [0.1, 0.15) is 5.56 Å². The molecule has 2 aromatic carbocycles. The zero-order valence-electron chi connectivity index (χ0n) is 8.88. The van der Waals surface area contributed by atoms with E-state index < -0.39 is 0 Å². The molecule has 0 atom stereocenters. The maximum Gasteiger partial charge on any atom is 0.146 e. The number of nitrogens with one attached hydrogen (secondary N) is 1. The lowest BCUT2D eigenvalue weighted by Crippen LogP contribution is -2.01. The van der Waals surface area contributed by atoms with E-state index in [0.29, 0.717) is 12.2 Å². The Hall–Kier alpha value is -0.870. The van der Waals surface area contributed by atoms with Crippen LogP contribution < -0.4 is 5.32 Å². The Balaban J connectivity index is 2.07. The van der Waals surface area contributed by atoms with Crippen molar-refractivity contribution >= 4 is 37.5 Å².